The predicted octanol–water partition coefficient (Wildman–Crippen LogP) is 4.70. The predicted molar refractivity (Wildman–Crippen MR) is 161 cm³/mol. The van der Waals surface area contributed by atoms with E-state index in [9.17, 15) is 27.2 Å². The van der Waals surface area contributed by atoms with Gasteiger partial charge in [-0.05, 0) is 44.8 Å². The molecule has 3 N–H and O–H groups in total. The van der Waals surface area contributed by atoms with Crippen LogP contribution in [-0.4, -0.2) is 85.6 Å². The van der Waals surface area contributed by atoms with Gasteiger partial charge in [-0.3, -0.25) is 4.39 Å². The van der Waals surface area contributed by atoms with E-state index in [2.05, 4.69) is 25.2 Å². The zero-order chi connectivity index (χ0) is 33.8. The first-order chi connectivity index (χ1) is 22.3. The summed E-state index contributed by atoms with van der Waals surface area (Å²) in [6, 6.07) is 1.82. The number of piperidine rings is 1. The Balaban J connectivity index is 1.57. The number of halogens is 6. The second kappa shape index (κ2) is 12.2. The summed E-state index contributed by atoms with van der Waals surface area (Å²) in [6.07, 6.45) is -2.96. The van der Waals surface area contributed by atoms with Crippen LogP contribution in [0.2, 0.25) is 0 Å². The molecule has 0 amide bonds. The van der Waals surface area contributed by atoms with Gasteiger partial charge in [0.05, 0.1) is 31.6 Å². The summed E-state index contributed by atoms with van der Waals surface area (Å²) in [5.74, 6) is -3.67. The van der Waals surface area contributed by atoms with E-state index in [4.69, 9.17) is 15.2 Å². The molecule has 0 unspecified atom stereocenters. The smallest absolute Gasteiger partial charge is 0.419 e. The third kappa shape index (κ3) is 5.84. The standard InChI is InChI=1S/C31H34F6N8O2/c1-30(13-44(2)7-6-15(30)9-32)14-47-29-42-26-22(27(43-29)45-11-16-4-5-17(12-45)40-16)28(46-3)41-25(24(26)34)21-18(10-38)20(39)8-19(33)23(21)31(35,36)37/h8,15-17,40H,4-7,9,11-14,39H2,1-3H3/t15-,16-,17+,30+/m1/s1. The topological polar surface area (TPSA) is 125 Å². The molecule has 5 heterocycles. The van der Waals surface area contributed by atoms with Crippen LogP contribution >= 0.6 is 0 Å². The van der Waals surface area contributed by atoms with Crippen LogP contribution in [0.25, 0.3) is 22.2 Å². The molecule has 0 radical (unpaired) electrons. The lowest BCUT2D eigenvalue weighted by atomic mass is 9.73. The number of ether oxygens (including phenoxy) is 2. The summed E-state index contributed by atoms with van der Waals surface area (Å²) in [4.78, 5) is 16.9. The largest absolute Gasteiger partial charge is 0.480 e. The Hall–Kier alpha value is -4.10. The fraction of sp³-hybridized carbons (Fsp3) is 0.548. The van der Waals surface area contributed by atoms with Crippen LogP contribution in [0, 0.1) is 34.3 Å². The van der Waals surface area contributed by atoms with Gasteiger partial charge in [-0.2, -0.15) is 28.4 Å². The minimum absolute atomic E-state index is 0.0302. The molecule has 2 aromatic heterocycles. The highest BCUT2D eigenvalue weighted by molar-refractivity contribution is 5.97. The maximum Gasteiger partial charge on any atom is 0.419 e. The van der Waals surface area contributed by atoms with Gasteiger partial charge in [-0.25, -0.2) is 13.8 Å². The molecule has 16 heteroatoms. The van der Waals surface area contributed by atoms with Crippen LogP contribution in [0.15, 0.2) is 6.07 Å². The molecule has 4 atom stereocenters. The van der Waals surface area contributed by atoms with Crippen molar-refractivity contribution in [2.45, 2.75) is 44.4 Å². The molecule has 2 bridgehead atoms. The molecule has 3 aliphatic rings. The normalized spacial score (nSPS) is 24.9. The number of pyridine rings is 1. The van der Waals surface area contributed by atoms with E-state index in [0.29, 0.717) is 38.7 Å². The van der Waals surface area contributed by atoms with Crippen LogP contribution in [0.4, 0.5) is 37.8 Å². The number of fused-ring (bicyclic) bond motifs is 3. The molecule has 1 aromatic carbocycles. The number of alkyl halides is 4. The van der Waals surface area contributed by atoms with Crippen molar-refractivity contribution in [1.29, 1.82) is 5.26 Å². The maximum absolute atomic E-state index is 16.8. The lowest BCUT2D eigenvalue weighted by molar-refractivity contribution is -0.139. The zero-order valence-corrected chi connectivity index (χ0v) is 26.0. The fourth-order valence-corrected chi connectivity index (χ4v) is 7.19. The Bertz CT molecular complexity index is 1740. The SMILES string of the molecule is COc1nc(-c2c(C#N)c(N)cc(F)c2C(F)(F)F)c(F)c2nc(OC[C@]3(C)CN(C)CC[C@@H]3CF)nc(N3C[C@H]4CC[C@@H](C3)N4)c12. The number of nitrogens with zero attached hydrogens (tertiary/aromatic N) is 6. The Morgan fingerprint density at radius 2 is 1.85 bits per heavy atom. The maximum atomic E-state index is 16.8. The Labute approximate surface area is 266 Å². The molecule has 252 valence electrons. The van der Waals surface area contributed by atoms with E-state index in [-0.39, 0.29) is 47.7 Å². The highest BCUT2D eigenvalue weighted by atomic mass is 19.4. The van der Waals surface area contributed by atoms with Gasteiger partial charge in [-0.15, -0.1) is 0 Å². The van der Waals surface area contributed by atoms with Gasteiger partial charge >= 0.3 is 12.2 Å². The molecule has 47 heavy (non-hydrogen) atoms. The average Bonchev–Trinajstić information content (AvgIpc) is 3.36. The second-order valence-electron chi connectivity index (χ2n) is 12.9. The summed E-state index contributed by atoms with van der Waals surface area (Å²) in [7, 11) is 3.10. The number of benzene rings is 1. The summed E-state index contributed by atoms with van der Waals surface area (Å²) >= 11 is 0. The van der Waals surface area contributed by atoms with Crippen molar-refractivity contribution in [3.05, 3.63) is 28.8 Å². The number of aromatic nitrogens is 3. The highest BCUT2D eigenvalue weighted by Gasteiger charge is 2.43. The van der Waals surface area contributed by atoms with Gasteiger partial charge in [0.2, 0.25) is 5.88 Å². The Kier molecular flexibility index (Phi) is 8.50. The molecule has 0 spiro atoms. The highest BCUT2D eigenvalue weighted by Crippen LogP contribution is 2.46. The third-order valence-corrected chi connectivity index (χ3v) is 9.56. The summed E-state index contributed by atoms with van der Waals surface area (Å²) in [5, 5.41) is 13.2. The Morgan fingerprint density at radius 1 is 1.15 bits per heavy atom. The average molecular weight is 665 g/mol. The molecular formula is C31H34F6N8O2. The second-order valence-corrected chi connectivity index (χ2v) is 12.9. The molecule has 3 fully saturated rings. The number of nitriles is 1. The molecule has 3 saturated heterocycles. The first-order valence-electron chi connectivity index (χ1n) is 15.2. The third-order valence-electron chi connectivity index (χ3n) is 9.56. The lowest BCUT2D eigenvalue weighted by Gasteiger charge is -2.43. The van der Waals surface area contributed by atoms with Crippen LogP contribution in [0.3, 0.4) is 0 Å². The molecule has 0 saturated carbocycles. The van der Waals surface area contributed by atoms with E-state index in [1.165, 1.54) is 13.2 Å². The fourth-order valence-electron chi connectivity index (χ4n) is 7.19. The number of methoxy groups -OCH3 is 1. The molecule has 3 aromatic rings. The number of rotatable bonds is 7. The first kappa shape index (κ1) is 32.8. The van der Waals surface area contributed by atoms with Gasteiger partial charge < -0.3 is 30.3 Å². The van der Waals surface area contributed by atoms with Crippen molar-refractivity contribution >= 4 is 22.4 Å². The monoisotopic (exact) mass is 664 g/mol. The van der Waals surface area contributed by atoms with Crippen LogP contribution in [0.5, 0.6) is 11.9 Å². The molecular weight excluding hydrogens is 630 g/mol. The number of hydrogen-bond donors (Lipinski definition) is 2. The minimum Gasteiger partial charge on any atom is -0.480 e. The quantitative estimate of drug-likeness (QED) is 0.271. The molecule has 10 nitrogen and oxygen atoms in total. The van der Waals surface area contributed by atoms with Crippen molar-refractivity contribution in [1.82, 2.24) is 25.2 Å². The van der Waals surface area contributed by atoms with E-state index >= 15 is 4.39 Å². The summed E-state index contributed by atoms with van der Waals surface area (Å²) in [6.45, 7) is 3.44. The molecule has 6 rings (SSSR count). The number of nitrogens with one attached hydrogen (secondary N) is 1. The number of hydrogen-bond acceptors (Lipinski definition) is 10. The summed E-state index contributed by atoms with van der Waals surface area (Å²) < 4.78 is 100. The van der Waals surface area contributed by atoms with Crippen LogP contribution in [0.1, 0.15) is 37.3 Å². The number of nitrogens with two attached hydrogens (primary N) is 1. The van der Waals surface area contributed by atoms with Crippen molar-refractivity contribution in [3.63, 3.8) is 0 Å². The lowest BCUT2D eigenvalue weighted by Crippen LogP contribution is -2.51. The number of likely N-dealkylation sites (tertiary alicyclic amines) is 1. The minimum atomic E-state index is -5.35. The van der Waals surface area contributed by atoms with Gasteiger partial charge in [0.25, 0.3) is 0 Å². The van der Waals surface area contributed by atoms with Crippen molar-refractivity contribution in [2.24, 2.45) is 11.3 Å². The van der Waals surface area contributed by atoms with Crippen molar-refractivity contribution < 1.29 is 35.8 Å². The van der Waals surface area contributed by atoms with Gasteiger partial charge in [0.1, 0.15) is 39.9 Å². The number of nitrogen functional groups attached to an aromatic ring is 1. The van der Waals surface area contributed by atoms with Crippen molar-refractivity contribution in [3.8, 4) is 29.2 Å². The van der Waals surface area contributed by atoms with Crippen LogP contribution < -0.4 is 25.4 Å². The Morgan fingerprint density at radius 3 is 2.47 bits per heavy atom. The number of anilines is 2. The number of piperazine rings is 1. The summed E-state index contributed by atoms with van der Waals surface area (Å²) in [5.41, 5.74) is -0.986. The van der Waals surface area contributed by atoms with Crippen molar-refractivity contribution in [2.75, 3.05) is 64.3 Å². The van der Waals surface area contributed by atoms with E-state index < -0.39 is 63.5 Å². The van der Waals surface area contributed by atoms with E-state index in [1.54, 1.807) is 0 Å². The van der Waals surface area contributed by atoms with E-state index in [0.717, 1.165) is 12.8 Å². The van der Waals surface area contributed by atoms with Crippen LogP contribution in [-0.2, 0) is 6.18 Å². The molecule has 3 aliphatic heterocycles. The zero-order valence-electron chi connectivity index (χ0n) is 26.0. The van der Waals surface area contributed by atoms with E-state index in [1.807, 2.05) is 18.9 Å². The van der Waals surface area contributed by atoms with Gasteiger partial charge in [0, 0.05) is 42.7 Å². The first-order valence-corrected chi connectivity index (χ1v) is 15.2. The van der Waals surface area contributed by atoms with Gasteiger partial charge in [-0.1, -0.05) is 6.92 Å². The van der Waals surface area contributed by atoms with Gasteiger partial charge in [0.15, 0.2) is 5.82 Å². The molecule has 0 aliphatic carbocycles.